The molecular weight excluding hydrogens is 310 g/mol. The highest BCUT2D eigenvalue weighted by atomic mass is 32.1. The predicted molar refractivity (Wildman–Crippen MR) is 91.2 cm³/mol. The average Bonchev–Trinajstić information content (AvgIpc) is 3.22. The Kier molecular flexibility index (Phi) is 5.53. The summed E-state index contributed by atoms with van der Waals surface area (Å²) in [5, 5.41) is 5.08. The minimum atomic E-state index is 0.136. The van der Waals surface area contributed by atoms with Crippen molar-refractivity contribution < 1.29 is 14.3 Å². The predicted octanol–water partition coefficient (Wildman–Crippen LogP) is 3.55. The van der Waals surface area contributed by atoms with Gasteiger partial charge in [0.2, 0.25) is 12.7 Å². The van der Waals surface area contributed by atoms with Crippen LogP contribution in [0.4, 0.5) is 0 Å². The standard InChI is InChI=1S/C18H21NO3S/c20-18(6-2-1-4-15-5-3-11-23-15)19-10-9-14-7-8-16-17(12-14)22-13-21-16/h3,5,7-8,11-12H,1-2,4,6,9-10,13H2,(H,19,20). The van der Waals surface area contributed by atoms with Crippen molar-refractivity contribution in [2.45, 2.75) is 32.1 Å². The molecule has 0 saturated heterocycles. The smallest absolute Gasteiger partial charge is 0.231 e. The molecule has 0 radical (unpaired) electrons. The first-order valence-corrected chi connectivity index (χ1v) is 8.87. The lowest BCUT2D eigenvalue weighted by molar-refractivity contribution is -0.121. The fourth-order valence-electron chi connectivity index (χ4n) is 2.57. The molecule has 0 saturated carbocycles. The van der Waals surface area contributed by atoms with E-state index < -0.39 is 0 Å². The number of fused-ring (bicyclic) bond motifs is 1. The van der Waals surface area contributed by atoms with Crippen molar-refractivity contribution in [3.8, 4) is 11.5 Å². The first kappa shape index (κ1) is 15.9. The van der Waals surface area contributed by atoms with Gasteiger partial charge in [-0.25, -0.2) is 0 Å². The molecule has 0 aliphatic carbocycles. The van der Waals surface area contributed by atoms with E-state index >= 15 is 0 Å². The van der Waals surface area contributed by atoms with Crippen LogP contribution in [0.25, 0.3) is 0 Å². The molecule has 0 unspecified atom stereocenters. The second kappa shape index (κ2) is 8.02. The molecule has 122 valence electrons. The zero-order valence-electron chi connectivity index (χ0n) is 13.0. The molecule has 0 bridgehead atoms. The molecule has 23 heavy (non-hydrogen) atoms. The number of unbranched alkanes of at least 4 members (excludes halogenated alkanes) is 1. The summed E-state index contributed by atoms with van der Waals surface area (Å²) in [6.45, 7) is 0.949. The van der Waals surface area contributed by atoms with Gasteiger partial charge in [0, 0.05) is 17.8 Å². The third kappa shape index (κ3) is 4.73. The molecule has 2 aromatic rings. The fourth-order valence-corrected chi connectivity index (χ4v) is 3.32. The van der Waals surface area contributed by atoms with Crippen LogP contribution in [0.5, 0.6) is 11.5 Å². The van der Waals surface area contributed by atoms with E-state index in [-0.39, 0.29) is 5.91 Å². The van der Waals surface area contributed by atoms with Gasteiger partial charge in [0.1, 0.15) is 0 Å². The summed E-state index contributed by atoms with van der Waals surface area (Å²) in [4.78, 5) is 13.2. The molecule has 2 heterocycles. The molecule has 1 aromatic carbocycles. The first-order chi connectivity index (χ1) is 11.3. The van der Waals surface area contributed by atoms with E-state index in [1.165, 1.54) is 4.88 Å². The molecule has 1 aromatic heterocycles. The number of hydrogen-bond acceptors (Lipinski definition) is 4. The Morgan fingerprint density at radius 1 is 1.13 bits per heavy atom. The molecule has 1 amide bonds. The first-order valence-electron chi connectivity index (χ1n) is 7.99. The average molecular weight is 331 g/mol. The molecule has 0 spiro atoms. The Balaban J connectivity index is 1.30. The van der Waals surface area contributed by atoms with Crippen LogP contribution in [0, 0.1) is 0 Å². The third-order valence-electron chi connectivity index (χ3n) is 3.83. The maximum atomic E-state index is 11.8. The summed E-state index contributed by atoms with van der Waals surface area (Å²) in [7, 11) is 0. The van der Waals surface area contributed by atoms with Crippen LogP contribution in [0.15, 0.2) is 35.7 Å². The van der Waals surface area contributed by atoms with E-state index in [1.807, 2.05) is 18.2 Å². The number of carbonyl (C=O) groups is 1. The van der Waals surface area contributed by atoms with Gasteiger partial charge in [0.25, 0.3) is 0 Å². The quantitative estimate of drug-likeness (QED) is 0.753. The van der Waals surface area contributed by atoms with Gasteiger partial charge in [0.05, 0.1) is 0 Å². The van der Waals surface area contributed by atoms with Crippen LogP contribution in [0.3, 0.4) is 0 Å². The van der Waals surface area contributed by atoms with Crippen molar-refractivity contribution in [1.29, 1.82) is 0 Å². The third-order valence-corrected chi connectivity index (χ3v) is 4.77. The van der Waals surface area contributed by atoms with Gasteiger partial charge in [-0.15, -0.1) is 11.3 Å². The van der Waals surface area contributed by atoms with E-state index in [1.54, 1.807) is 11.3 Å². The number of rotatable bonds is 8. The number of amides is 1. The molecule has 1 aliphatic rings. The number of aryl methyl sites for hydroxylation is 1. The summed E-state index contributed by atoms with van der Waals surface area (Å²) in [5.41, 5.74) is 1.15. The lowest BCUT2D eigenvalue weighted by Crippen LogP contribution is -2.25. The van der Waals surface area contributed by atoms with E-state index in [0.29, 0.717) is 19.8 Å². The zero-order chi connectivity index (χ0) is 15.9. The van der Waals surface area contributed by atoms with Gasteiger partial charge in [-0.2, -0.15) is 0 Å². The SMILES string of the molecule is O=C(CCCCc1cccs1)NCCc1ccc2c(c1)OCO2. The monoisotopic (exact) mass is 331 g/mol. The molecule has 1 aliphatic heterocycles. The number of nitrogens with one attached hydrogen (secondary N) is 1. The Hall–Kier alpha value is -2.01. The van der Waals surface area contributed by atoms with Crippen molar-refractivity contribution in [3.05, 3.63) is 46.2 Å². The summed E-state index contributed by atoms with van der Waals surface area (Å²) >= 11 is 1.78. The normalized spacial score (nSPS) is 12.3. The van der Waals surface area contributed by atoms with Gasteiger partial charge < -0.3 is 14.8 Å². The van der Waals surface area contributed by atoms with Crippen LogP contribution in [0.1, 0.15) is 29.7 Å². The zero-order valence-corrected chi connectivity index (χ0v) is 13.9. The molecular formula is C18H21NO3S. The van der Waals surface area contributed by atoms with Crippen LogP contribution in [0.2, 0.25) is 0 Å². The van der Waals surface area contributed by atoms with Crippen LogP contribution < -0.4 is 14.8 Å². The largest absolute Gasteiger partial charge is 0.454 e. The van der Waals surface area contributed by atoms with Crippen molar-refractivity contribution in [1.82, 2.24) is 5.32 Å². The second-order valence-corrected chi connectivity index (χ2v) is 6.61. The fraction of sp³-hybridized carbons (Fsp3) is 0.389. The number of hydrogen-bond donors (Lipinski definition) is 1. The summed E-state index contributed by atoms with van der Waals surface area (Å²) in [6, 6.07) is 10.1. The summed E-state index contributed by atoms with van der Waals surface area (Å²) < 4.78 is 10.6. The van der Waals surface area contributed by atoms with E-state index in [0.717, 1.165) is 42.7 Å². The molecule has 0 atom stereocenters. The van der Waals surface area contributed by atoms with Gasteiger partial charge in [-0.3, -0.25) is 4.79 Å². The topological polar surface area (TPSA) is 47.6 Å². The van der Waals surface area contributed by atoms with Crippen molar-refractivity contribution in [2.24, 2.45) is 0 Å². The number of carbonyl (C=O) groups excluding carboxylic acids is 1. The van der Waals surface area contributed by atoms with Crippen molar-refractivity contribution >= 4 is 17.2 Å². The lowest BCUT2D eigenvalue weighted by atomic mass is 10.1. The Labute approximate surface area is 140 Å². The maximum Gasteiger partial charge on any atom is 0.231 e. The highest BCUT2D eigenvalue weighted by Crippen LogP contribution is 2.32. The number of thiophene rings is 1. The minimum Gasteiger partial charge on any atom is -0.454 e. The van der Waals surface area contributed by atoms with Gasteiger partial charge >= 0.3 is 0 Å². The minimum absolute atomic E-state index is 0.136. The Morgan fingerprint density at radius 3 is 2.91 bits per heavy atom. The maximum absolute atomic E-state index is 11.8. The summed E-state index contributed by atoms with van der Waals surface area (Å²) in [5.74, 6) is 1.72. The highest BCUT2D eigenvalue weighted by molar-refractivity contribution is 7.09. The molecule has 3 rings (SSSR count). The van der Waals surface area contributed by atoms with Crippen molar-refractivity contribution in [2.75, 3.05) is 13.3 Å². The Morgan fingerprint density at radius 2 is 2.04 bits per heavy atom. The van der Waals surface area contributed by atoms with E-state index in [4.69, 9.17) is 9.47 Å². The second-order valence-electron chi connectivity index (χ2n) is 5.57. The lowest BCUT2D eigenvalue weighted by Gasteiger charge is -2.06. The molecule has 1 N–H and O–H groups in total. The molecule has 4 nitrogen and oxygen atoms in total. The highest BCUT2D eigenvalue weighted by Gasteiger charge is 2.13. The van der Waals surface area contributed by atoms with Crippen molar-refractivity contribution in [3.63, 3.8) is 0 Å². The van der Waals surface area contributed by atoms with E-state index in [9.17, 15) is 4.79 Å². The molecule has 5 heteroatoms. The Bertz CT molecular complexity index is 640. The summed E-state index contributed by atoms with van der Waals surface area (Å²) in [6.07, 6.45) is 4.48. The van der Waals surface area contributed by atoms with Crippen LogP contribution in [-0.2, 0) is 17.6 Å². The van der Waals surface area contributed by atoms with Crippen LogP contribution in [-0.4, -0.2) is 19.2 Å². The van der Waals surface area contributed by atoms with Crippen LogP contribution >= 0.6 is 11.3 Å². The van der Waals surface area contributed by atoms with E-state index in [2.05, 4.69) is 22.8 Å². The van der Waals surface area contributed by atoms with Gasteiger partial charge in [-0.1, -0.05) is 12.1 Å². The van der Waals surface area contributed by atoms with Gasteiger partial charge in [-0.05, 0) is 54.8 Å². The number of benzene rings is 1. The van der Waals surface area contributed by atoms with Gasteiger partial charge in [0.15, 0.2) is 11.5 Å². The molecule has 0 fully saturated rings. The number of ether oxygens (including phenoxy) is 2.